The molecular weight excluding hydrogens is 388 g/mol. The first-order valence-corrected chi connectivity index (χ1v) is 12.6. The molecule has 0 aromatic heterocycles. The fourth-order valence-electron chi connectivity index (χ4n) is 5.09. The van der Waals surface area contributed by atoms with Crippen molar-refractivity contribution in [2.24, 2.45) is 5.92 Å². The van der Waals surface area contributed by atoms with E-state index in [1.165, 1.54) is 64.6 Å². The highest BCUT2D eigenvalue weighted by molar-refractivity contribution is 6.03. The van der Waals surface area contributed by atoms with E-state index in [9.17, 15) is 4.79 Å². The second kappa shape index (κ2) is 11.5. The molecule has 0 N–H and O–H groups in total. The smallest absolute Gasteiger partial charge is 0.163 e. The zero-order valence-corrected chi connectivity index (χ0v) is 20.6. The zero-order valence-electron chi connectivity index (χ0n) is 20.6. The second-order valence-corrected chi connectivity index (χ2v) is 9.36. The minimum Gasteiger partial charge on any atom is -0.294 e. The van der Waals surface area contributed by atoms with E-state index in [0.717, 1.165) is 37.2 Å². The number of fused-ring (bicyclic) bond motifs is 1. The van der Waals surface area contributed by atoms with Crippen LogP contribution < -0.4 is 0 Å². The van der Waals surface area contributed by atoms with Gasteiger partial charge in [-0.05, 0) is 96.9 Å². The molecule has 32 heavy (non-hydrogen) atoms. The maximum atomic E-state index is 12.5. The first kappa shape index (κ1) is 24.2. The molecule has 0 heterocycles. The third kappa shape index (κ3) is 5.49. The van der Waals surface area contributed by atoms with Crippen molar-refractivity contribution in [2.75, 3.05) is 0 Å². The van der Waals surface area contributed by atoms with E-state index in [-0.39, 0.29) is 0 Å². The molecule has 0 unspecified atom stereocenters. The van der Waals surface area contributed by atoms with Crippen LogP contribution in [0.4, 0.5) is 0 Å². The van der Waals surface area contributed by atoms with Crippen molar-refractivity contribution >= 4 is 11.4 Å². The number of benzene rings is 2. The molecule has 1 heteroatoms. The third-order valence-electron chi connectivity index (χ3n) is 7.28. The Labute approximate surface area is 195 Å². The molecule has 2 aromatic carbocycles. The molecule has 0 amide bonds. The summed E-state index contributed by atoms with van der Waals surface area (Å²) in [7, 11) is 0. The van der Waals surface area contributed by atoms with Gasteiger partial charge in [0.1, 0.15) is 0 Å². The van der Waals surface area contributed by atoms with Gasteiger partial charge in [-0.25, -0.2) is 0 Å². The summed E-state index contributed by atoms with van der Waals surface area (Å²) >= 11 is 0. The highest BCUT2D eigenvalue weighted by Gasteiger charge is 2.25. The van der Waals surface area contributed by atoms with Crippen LogP contribution in [0.15, 0.2) is 49.1 Å². The second-order valence-electron chi connectivity index (χ2n) is 9.36. The summed E-state index contributed by atoms with van der Waals surface area (Å²) in [5.41, 5.74) is 9.93. The Balaban J connectivity index is 1.99. The van der Waals surface area contributed by atoms with Gasteiger partial charge < -0.3 is 0 Å². The Morgan fingerprint density at radius 3 is 2.59 bits per heavy atom. The number of carbonyl (C=O) groups is 1. The van der Waals surface area contributed by atoms with Crippen LogP contribution in [-0.2, 0) is 12.8 Å². The summed E-state index contributed by atoms with van der Waals surface area (Å²) in [6, 6.07) is 11.1. The summed E-state index contributed by atoms with van der Waals surface area (Å²) < 4.78 is 0. The van der Waals surface area contributed by atoms with Crippen LogP contribution in [0.25, 0.3) is 16.7 Å². The van der Waals surface area contributed by atoms with Gasteiger partial charge in [-0.1, -0.05) is 76.1 Å². The number of Topliss-reactive ketones (excluding diaryl/α,β-unsaturated/α-hetero) is 1. The Kier molecular flexibility index (Phi) is 8.67. The van der Waals surface area contributed by atoms with Gasteiger partial charge in [-0.15, -0.1) is 0 Å². The molecule has 0 atom stereocenters. The molecule has 3 rings (SSSR count). The first-order chi connectivity index (χ1) is 15.5. The summed E-state index contributed by atoms with van der Waals surface area (Å²) in [5.74, 6) is 1.12. The van der Waals surface area contributed by atoms with Crippen molar-refractivity contribution in [1.82, 2.24) is 0 Å². The topological polar surface area (TPSA) is 17.1 Å². The van der Waals surface area contributed by atoms with Crippen molar-refractivity contribution in [2.45, 2.75) is 85.5 Å². The Morgan fingerprint density at radius 1 is 1.09 bits per heavy atom. The van der Waals surface area contributed by atoms with Gasteiger partial charge >= 0.3 is 0 Å². The normalized spacial score (nSPS) is 13.3. The fraction of sp³-hybridized carbons (Fsp3) is 0.452. The van der Waals surface area contributed by atoms with Crippen LogP contribution in [0.5, 0.6) is 0 Å². The van der Waals surface area contributed by atoms with Crippen molar-refractivity contribution in [1.29, 1.82) is 0 Å². The van der Waals surface area contributed by atoms with Gasteiger partial charge in [0, 0.05) is 12.0 Å². The van der Waals surface area contributed by atoms with Crippen molar-refractivity contribution in [3.8, 4) is 11.1 Å². The van der Waals surface area contributed by atoms with E-state index in [4.69, 9.17) is 0 Å². The first-order valence-electron chi connectivity index (χ1n) is 12.6. The SMILES string of the molecule is C=C(CC/C=C\C)c1ccc(C)c(-c2c(CCCC(CC)CC)ccc3c2CCC3=O)c1. The van der Waals surface area contributed by atoms with E-state index in [2.05, 4.69) is 76.8 Å². The van der Waals surface area contributed by atoms with Crippen LogP contribution in [0, 0.1) is 12.8 Å². The highest BCUT2D eigenvalue weighted by Crippen LogP contribution is 2.39. The summed E-state index contributed by atoms with van der Waals surface area (Å²) in [6.45, 7) is 13.2. The van der Waals surface area contributed by atoms with Crippen LogP contribution >= 0.6 is 0 Å². The van der Waals surface area contributed by atoms with Crippen molar-refractivity contribution < 1.29 is 4.79 Å². The molecule has 0 bridgehead atoms. The minimum absolute atomic E-state index is 0.300. The molecule has 0 radical (unpaired) electrons. The number of rotatable bonds is 11. The van der Waals surface area contributed by atoms with Crippen LogP contribution in [0.1, 0.15) is 98.3 Å². The monoisotopic (exact) mass is 428 g/mol. The lowest BCUT2D eigenvalue weighted by Crippen LogP contribution is -2.02. The van der Waals surface area contributed by atoms with E-state index in [1.807, 2.05) is 0 Å². The number of allylic oxidation sites excluding steroid dienone is 3. The molecule has 1 aliphatic carbocycles. The van der Waals surface area contributed by atoms with Gasteiger partial charge in [0.25, 0.3) is 0 Å². The molecule has 1 aliphatic rings. The Morgan fingerprint density at radius 2 is 1.88 bits per heavy atom. The van der Waals surface area contributed by atoms with Crippen molar-refractivity contribution in [3.63, 3.8) is 0 Å². The molecule has 0 saturated heterocycles. The number of hydrogen-bond acceptors (Lipinski definition) is 1. The van der Waals surface area contributed by atoms with Crippen LogP contribution in [0.3, 0.4) is 0 Å². The quantitative estimate of drug-likeness (QED) is 0.326. The van der Waals surface area contributed by atoms with Crippen LogP contribution in [-0.4, -0.2) is 5.78 Å². The predicted molar refractivity (Wildman–Crippen MR) is 139 cm³/mol. The molecule has 0 aliphatic heterocycles. The molecule has 2 aromatic rings. The predicted octanol–water partition coefficient (Wildman–Crippen LogP) is 8.92. The van der Waals surface area contributed by atoms with Crippen LogP contribution in [0.2, 0.25) is 0 Å². The van der Waals surface area contributed by atoms with Gasteiger partial charge in [0.05, 0.1) is 0 Å². The van der Waals surface area contributed by atoms with Crippen molar-refractivity contribution in [3.05, 3.63) is 76.9 Å². The Bertz CT molecular complexity index is 988. The van der Waals surface area contributed by atoms with Gasteiger partial charge in [0.15, 0.2) is 5.78 Å². The van der Waals surface area contributed by atoms with E-state index < -0.39 is 0 Å². The largest absolute Gasteiger partial charge is 0.294 e. The number of carbonyl (C=O) groups excluding carboxylic acids is 1. The average molecular weight is 429 g/mol. The molecular formula is C31H40O. The van der Waals surface area contributed by atoms with Gasteiger partial charge in [-0.2, -0.15) is 0 Å². The third-order valence-corrected chi connectivity index (χ3v) is 7.28. The molecule has 0 fully saturated rings. The van der Waals surface area contributed by atoms with E-state index >= 15 is 0 Å². The summed E-state index contributed by atoms with van der Waals surface area (Å²) in [4.78, 5) is 12.5. The standard InChI is InChI=1S/C31H40O/c1-6-9-10-12-22(4)26-16-15-23(5)29(21-26)31-25(14-11-13-24(7-2)8-3)17-18-27-28(31)19-20-30(27)32/h6,9,15-18,21,24H,4,7-8,10-14,19-20H2,1-3,5H3/b9-6-. The molecule has 0 spiro atoms. The van der Waals surface area contributed by atoms with Gasteiger partial charge in [0.2, 0.25) is 0 Å². The summed E-state index contributed by atoms with van der Waals surface area (Å²) in [5, 5.41) is 0. The number of ketones is 1. The molecule has 0 saturated carbocycles. The summed E-state index contributed by atoms with van der Waals surface area (Å²) in [6.07, 6.45) is 13.9. The lowest BCUT2D eigenvalue weighted by Gasteiger charge is -2.19. The fourth-order valence-corrected chi connectivity index (χ4v) is 5.09. The highest BCUT2D eigenvalue weighted by atomic mass is 16.1. The number of hydrogen-bond donors (Lipinski definition) is 0. The average Bonchev–Trinajstić information content (AvgIpc) is 3.18. The maximum absolute atomic E-state index is 12.5. The molecule has 170 valence electrons. The van der Waals surface area contributed by atoms with Gasteiger partial charge in [-0.3, -0.25) is 4.79 Å². The lowest BCUT2D eigenvalue weighted by atomic mass is 9.85. The maximum Gasteiger partial charge on any atom is 0.163 e. The van der Waals surface area contributed by atoms with E-state index in [1.54, 1.807) is 0 Å². The number of aryl methyl sites for hydroxylation is 2. The van der Waals surface area contributed by atoms with E-state index in [0.29, 0.717) is 12.2 Å². The Hall–Kier alpha value is -2.41. The molecule has 1 nitrogen and oxygen atoms in total. The minimum atomic E-state index is 0.300. The lowest BCUT2D eigenvalue weighted by molar-refractivity contribution is 0.0994. The zero-order chi connectivity index (χ0) is 23.1.